The van der Waals surface area contributed by atoms with Crippen molar-refractivity contribution in [2.75, 3.05) is 12.4 Å². The lowest BCUT2D eigenvalue weighted by Gasteiger charge is -2.09. The number of sulfonamides is 1. The van der Waals surface area contributed by atoms with E-state index in [1.807, 2.05) is 0 Å². The predicted molar refractivity (Wildman–Crippen MR) is 84.5 cm³/mol. The molecule has 1 aromatic carbocycles. The first kappa shape index (κ1) is 15.5. The third kappa shape index (κ3) is 4.28. The fraction of sp³-hybridized carbons (Fsp3) is 0.154. The van der Waals surface area contributed by atoms with Gasteiger partial charge in [0.2, 0.25) is 10.0 Å². The van der Waals surface area contributed by atoms with Crippen LogP contribution in [0.1, 0.15) is 5.76 Å². The van der Waals surface area contributed by atoms with Crippen molar-refractivity contribution >= 4 is 33.0 Å². The lowest BCUT2D eigenvalue weighted by atomic mass is 10.3. The van der Waals surface area contributed by atoms with Crippen LogP contribution in [0, 0.1) is 0 Å². The van der Waals surface area contributed by atoms with E-state index in [4.69, 9.17) is 16.6 Å². The summed E-state index contributed by atoms with van der Waals surface area (Å²) in [6.45, 7) is 0.110. The van der Waals surface area contributed by atoms with Gasteiger partial charge in [0.25, 0.3) is 0 Å². The van der Waals surface area contributed by atoms with Gasteiger partial charge in [0, 0.05) is 12.7 Å². The van der Waals surface area contributed by atoms with Crippen molar-refractivity contribution in [1.29, 1.82) is 0 Å². The Morgan fingerprint density at radius 1 is 1.24 bits per heavy atom. The summed E-state index contributed by atoms with van der Waals surface area (Å²) in [5, 5.41) is 6.15. The first-order valence-corrected chi connectivity index (χ1v) is 8.01. The summed E-state index contributed by atoms with van der Waals surface area (Å²) in [5.41, 5.74) is 0.708. The molecule has 0 fully saturated rings. The van der Waals surface area contributed by atoms with Crippen molar-refractivity contribution in [2.24, 2.45) is 0 Å². The number of nitrogens with one attached hydrogen (secondary N) is 3. The van der Waals surface area contributed by atoms with Crippen molar-refractivity contribution in [3.63, 3.8) is 0 Å². The Morgan fingerprint density at radius 3 is 2.52 bits per heavy atom. The first-order valence-electron chi connectivity index (χ1n) is 6.12. The molecule has 1 heterocycles. The quantitative estimate of drug-likeness (QED) is 0.726. The molecule has 6 nitrogen and oxygen atoms in total. The first-order chi connectivity index (χ1) is 10.0. The number of hydrogen-bond acceptors (Lipinski definition) is 4. The maximum Gasteiger partial charge on any atom is 0.240 e. The van der Waals surface area contributed by atoms with Crippen molar-refractivity contribution in [3.8, 4) is 0 Å². The van der Waals surface area contributed by atoms with Gasteiger partial charge in [-0.2, -0.15) is 0 Å². The topological polar surface area (TPSA) is 83.4 Å². The van der Waals surface area contributed by atoms with E-state index >= 15 is 0 Å². The fourth-order valence-corrected chi connectivity index (χ4v) is 2.68. The summed E-state index contributed by atoms with van der Waals surface area (Å²) in [5.74, 6) is 0.552. The minimum atomic E-state index is -3.57. The standard InChI is InChI=1S/C13H15N3O3S2/c1-14-13(20)16-10-4-6-12(7-5-10)21(17,18)15-9-11-3-2-8-19-11/h2-8,15H,9H2,1H3,(H2,14,16,20). The minimum Gasteiger partial charge on any atom is -0.468 e. The molecule has 2 aromatic rings. The number of anilines is 1. The molecule has 0 aliphatic carbocycles. The van der Waals surface area contributed by atoms with Crippen LogP contribution in [0.3, 0.4) is 0 Å². The molecule has 0 aliphatic rings. The van der Waals surface area contributed by atoms with E-state index in [1.165, 1.54) is 18.4 Å². The molecule has 0 bridgehead atoms. The van der Waals surface area contributed by atoms with Crippen molar-refractivity contribution < 1.29 is 12.8 Å². The van der Waals surface area contributed by atoms with Gasteiger partial charge in [0.05, 0.1) is 17.7 Å². The Hall–Kier alpha value is -1.90. The van der Waals surface area contributed by atoms with Gasteiger partial charge in [-0.25, -0.2) is 13.1 Å². The summed E-state index contributed by atoms with van der Waals surface area (Å²) >= 11 is 4.97. The van der Waals surface area contributed by atoms with E-state index < -0.39 is 10.0 Å². The summed E-state index contributed by atoms with van der Waals surface area (Å²) < 4.78 is 31.8. The van der Waals surface area contributed by atoms with Crippen LogP contribution in [0.15, 0.2) is 52.0 Å². The van der Waals surface area contributed by atoms with Crippen LogP contribution in [-0.2, 0) is 16.6 Å². The molecule has 8 heteroatoms. The summed E-state index contributed by atoms with van der Waals surface area (Å²) in [7, 11) is -1.87. The van der Waals surface area contributed by atoms with E-state index in [-0.39, 0.29) is 11.4 Å². The van der Waals surface area contributed by atoms with Crippen LogP contribution in [0.5, 0.6) is 0 Å². The Kier molecular flexibility index (Phi) is 4.94. The van der Waals surface area contributed by atoms with Gasteiger partial charge in [-0.05, 0) is 48.6 Å². The van der Waals surface area contributed by atoms with Gasteiger partial charge in [0.1, 0.15) is 5.76 Å². The van der Waals surface area contributed by atoms with E-state index in [9.17, 15) is 8.42 Å². The molecule has 1 aromatic heterocycles. The van der Waals surface area contributed by atoms with Crippen LogP contribution in [-0.4, -0.2) is 20.6 Å². The Balaban J connectivity index is 2.04. The number of benzene rings is 1. The molecule has 3 N–H and O–H groups in total. The molecule has 21 heavy (non-hydrogen) atoms. The Morgan fingerprint density at radius 2 is 1.95 bits per heavy atom. The highest BCUT2D eigenvalue weighted by Gasteiger charge is 2.14. The second-order valence-electron chi connectivity index (χ2n) is 4.13. The minimum absolute atomic E-state index is 0.110. The van der Waals surface area contributed by atoms with E-state index in [0.29, 0.717) is 16.6 Å². The average molecular weight is 325 g/mol. The number of hydrogen-bond donors (Lipinski definition) is 3. The number of thiocarbonyl (C=S) groups is 1. The lowest BCUT2D eigenvalue weighted by molar-refractivity contribution is 0.498. The van der Waals surface area contributed by atoms with Gasteiger partial charge in [-0.3, -0.25) is 0 Å². The zero-order valence-electron chi connectivity index (χ0n) is 11.3. The molecule has 0 amide bonds. The second kappa shape index (κ2) is 6.70. The smallest absolute Gasteiger partial charge is 0.240 e. The third-order valence-corrected chi connectivity index (χ3v) is 4.39. The van der Waals surface area contributed by atoms with E-state index in [1.54, 1.807) is 31.3 Å². The van der Waals surface area contributed by atoms with Crippen LogP contribution in [0.4, 0.5) is 5.69 Å². The van der Waals surface area contributed by atoms with Gasteiger partial charge in [0.15, 0.2) is 5.11 Å². The highest BCUT2D eigenvalue weighted by molar-refractivity contribution is 7.89. The number of furan rings is 1. The van der Waals surface area contributed by atoms with Gasteiger partial charge < -0.3 is 15.1 Å². The normalized spacial score (nSPS) is 11.1. The molecule has 0 unspecified atom stereocenters. The predicted octanol–water partition coefficient (Wildman–Crippen LogP) is 1.67. The molecule has 0 aliphatic heterocycles. The molecular formula is C13H15N3O3S2. The van der Waals surface area contributed by atoms with Crippen LogP contribution < -0.4 is 15.4 Å². The SMILES string of the molecule is CNC(=S)Nc1ccc(S(=O)(=O)NCc2ccco2)cc1. The van der Waals surface area contributed by atoms with Crippen LogP contribution >= 0.6 is 12.2 Å². The molecule has 0 saturated heterocycles. The monoisotopic (exact) mass is 325 g/mol. The Bertz CT molecular complexity index is 695. The zero-order chi connectivity index (χ0) is 15.3. The van der Waals surface area contributed by atoms with Crippen molar-refractivity contribution in [2.45, 2.75) is 11.4 Å². The zero-order valence-corrected chi connectivity index (χ0v) is 12.9. The maximum atomic E-state index is 12.1. The second-order valence-corrected chi connectivity index (χ2v) is 6.31. The van der Waals surface area contributed by atoms with Crippen molar-refractivity contribution in [1.82, 2.24) is 10.0 Å². The molecule has 0 saturated carbocycles. The summed E-state index contributed by atoms with van der Waals surface area (Å²) in [4.78, 5) is 0.176. The Labute approximate surface area is 128 Å². The van der Waals surface area contributed by atoms with Gasteiger partial charge in [-0.1, -0.05) is 0 Å². The molecule has 2 rings (SSSR count). The fourth-order valence-electron chi connectivity index (χ4n) is 1.57. The summed E-state index contributed by atoms with van der Waals surface area (Å²) in [6, 6.07) is 9.70. The van der Waals surface area contributed by atoms with Crippen LogP contribution in [0.25, 0.3) is 0 Å². The van der Waals surface area contributed by atoms with Gasteiger partial charge in [-0.15, -0.1) is 0 Å². The summed E-state index contributed by atoms with van der Waals surface area (Å²) in [6.07, 6.45) is 1.49. The molecule has 112 valence electrons. The number of rotatable bonds is 5. The molecule has 0 radical (unpaired) electrons. The van der Waals surface area contributed by atoms with E-state index in [2.05, 4.69) is 15.4 Å². The third-order valence-electron chi connectivity index (χ3n) is 2.67. The van der Waals surface area contributed by atoms with E-state index in [0.717, 1.165) is 0 Å². The lowest BCUT2D eigenvalue weighted by Crippen LogP contribution is -2.24. The molecule has 0 atom stereocenters. The largest absolute Gasteiger partial charge is 0.468 e. The van der Waals surface area contributed by atoms with Crippen molar-refractivity contribution in [3.05, 3.63) is 48.4 Å². The maximum absolute atomic E-state index is 12.1. The molecular weight excluding hydrogens is 310 g/mol. The average Bonchev–Trinajstić information content (AvgIpc) is 2.99. The van der Waals surface area contributed by atoms with Gasteiger partial charge >= 0.3 is 0 Å². The highest BCUT2D eigenvalue weighted by atomic mass is 32.2. The highest BCUT2D eigenvalue weighted by Crippen LogP contribution is 2.14. The molecule has 0 spiro atoms. The van der Waals surface area contributed by atoms with Crippen LogP contribution in [0.2, 0.25) is 0 Å².